The van der Waals surface area contributed by atoms with E-state index in [9.17, 15) is 4.79 Å². The molecule has 1 N–H and O–H groups in total. The van der Waals surface area contributed by atoms with Gasteiger partial charge in [-0.05, 0) is 11.6 Å². The van der Waals surface area contributed by atoms with Gasteiger partial charge >= 0.3 is 5.37 Å². The highest BCUT2D eigenvalue weighted by molar-refractivity contribution is 6.66. The van der Waals surface area contributed by atoms with E-state index in [0.29, 0.717) is 0 Å². The van der Waals surface area contributed by atoms with Crippen molar-refractivity contribution in [3.63, 3.8) is 0 Å². The van der Waals surface area contributed by atoms with E-state index in [0.717, 1.165) is 0 Å². The Labute approximate surface area is 83.6 Å². The summed E-state index contributed by atoms with van der Waals surface area (Å²) in [4.78, 5) is 14.1. The number of pyridine rings is 1. The molecule has 0 fully saturated rings. The summed E-state index contributed by atoms with van der Waals surface area (Å²) in [6.07, 6.45) is 2.71. The van der Waals surface area contributed by atoms with Gasteiger partial charge in [-0.25, -0.2) is 0 Å². The molecule has 0 aliphatic heterocycles. The summed E-state index contributed by atoms with van der Waals surface area (Å²) in [6, 6.07) is 0. The Morgan fingerprint density at radius 1 is 1.33 bits per heavy atom. The average molecular weight is 225 g/mol. The van der Waals surface area contributed by atoms with E-state index in [-0.39, 0.29) is 15.7 Å². The molecule has 1 amide bonds. The second kappa shape index (κ2) is 3.94. The Balaban J connectivity index is 3.04. The van der Waals surface area contributed by atoms with E-state index < -0.39 is 5.37 Å². The van der Waals surface area contributed by atoms with Crippen LogP contribution in [0.5, 0.6) is 0 Å². The highest BCUT2D eigenvalue weighted by Gasteiger charge is 2.07. The van der Waals surface area contributed by atoms with E-state index in [2.05, 4.69) is 10.3 Å². The first kappa shape index (κ1) is 9.58. The van der Waals surface area contributed by atoms with E-state index in [1.807, 2.05) is 0 Å². The van der Waals surface area contributed by atoms with Crippen molar-refractivity contribution >= 4 is 45.9 Å². The maximum absolute atomic E-state index is 10.4. The first-order valence-corrected chi connectivity index (χ1v) is 4.00. The maximum Gasteiger partial charge on any atom is 0.318 e. The van der Waals surface area contributed by atoms with Crippen LogP contribution in [-0.4, -0.2) is 10.4 Å². The Morgan fingerprint density at radius 3 is 2.25 bits per heavy atom. The van der Waals surface area contributed by atoms with E-state index in [1.54, 1.807) is 0 Å². The highest BCUT2D eigenvalue weighted by atomic mass is 35.5. The summed E-state index contributed by atoms with van der Waals surface area (Å²) in [6.45, 7) is 0. The van der Waals surface area contributed by atoms with Crippen molar-refractivity contribution in [2.24, 2.45) is 0 Å². The summed E-state index contributed by atoms with van der Waals surface area (Å²) in [7, 11) is 0. The predicted molar refractivity (Wildman–Crippen MR) is 49.1 cm³/mol. The lowest BCUT2D eigenvalue weighted by molar-refractivity contribution is 0.269. The number of rotatable bonds is 1. The zero-order valence-corrected chi connectivity index (χ0v) is 7.91. The molecule has 3 nitrogen and oxygen atoms in total. The Morgan fingerprint density at radius 2 is 1.83 bits per heavy atom. The van der Waals surface area contributed by atoms with Crippen molar-refractivity contribution in [2.75, 3.05) is 5.32 Å². The first-order valence-electron chi connectivity index (χ1n) is 2.86. The number of carbonyl (C=O) groups excluding carboxylic acids is 1. The molecule has 0 radical (unpaired) electrons. The number of hydrogen-bond acceptors (Lipinski definition) is 2. The molecule has 0 unspecified atom stereocenters. The van der Waals surface area contributed by atoms with Crippen molar-refractivity contribution in [2.45, 2.75) is 0 Å². The van der Waals surface area contributed by atoms with E-state index >= 15 is 0 Å². The third-order valence-corrected chi connectivity index (χ3v) is 1.74. The summed E-state index contributed by atoms with van der Waals surface area (Å²) >= 11 is 16.4. The number of nitrogens with zero attached hydrogens (tertiary/aromatic N) is 1. The fraction of sp³-hybridized carbons (Fsp3) is 0. The smallest absolute Gasteiger partial charge is 0.310 e. The molecule has 0 aliphatic carbocycles. The standard InChI is InChI=1S/C6H3Cl3N2O/c7-3-1-10-2-4(8)5(3)11-6(9)12/h1-2H,(H,10,11,12). The molecule has 6 heteroatoms. The van der Waals surface area contributed by atoms with Crippen LogP contribution in [0.2, 0.25) is 10.0 Å². The predicted octanol–water partition coefficient (Wildman–Crippen LogP) is 3.16. The van der Waals surface area contributed by atoms with Gasteiger partial charge in [0.2, 0.25) is 0 Å². The fourth-order valence-corrected chi connectivity index (χ4v) is 1.18. The molecule has 0 bridgehead atoms. The molecular weight excluding hydrogens is 222 g/mol. The molecule has 0 spiro atoms. The molecule has 0 aromatic carbocycles. The van der Waals surface area contributed by atoms with Crippen molar-refractivity contribution < 1.29 is 4.79 Å². The Hall–Kier alpha value is -0.510. The van der Waals surface area contributed by atoms with Crippen LogP contribution in [0.25, 0.3) is 0 Å². The number of hydrogen-bond donors (Lipinski definition) is 1. The van der Waals surface area contributed by atoms with Gasteiger partial charge in [0.1, 0.15) is 0 Å². The van der Waals surface area contributed by atoms with Gasteiger partial charge in [-0.3, -0.25) is 9.78 Å². The topological polar surface area (TPSA) is 42.0 Å². The zero-order chi connectivity index (χ0) is 9.14. The number of anilines is 1. The first-order chi connectivity index (χ1) is 5.61. The monoisotopic (exact) mass is 224 g/mol. The van der Waals surface area contributed by atoms with Gasteiger partial charge in [0, 0.05) is 12.4 Å². The van der Waals surface area contributed by atoms with Gasteiger partial charge in [0.25, 0.3) is 0 Å². The number of aromatic nitrogens is 1. The SMILES string of the molecule is O=C(Cl)Nc1c(Cl)cncc1Cl. The summed E-state index contributed by atoms with van der Waals surface area (Å²) < 4.78 is 0. The lowest BCUT2D eigenvalue weighted by Crippen LogP contribution is -2.02. The van der Waals surface area contributed by atoms with Gasteiger partial charge < -0.3 is 5.32 Å². The van der Waals surface area contributed by atoms with Gasteiger partial charge in [0.15, 0.2) is 0 Å². The van der Waals surface area contributed by atoms with Crippen molar-refractivity contribution in [1.82, 2.24) is 4.98 Å². The number of halogens is 3. The Kier molecular flexibility index (Phi) is 3.14. The lowest BCUT2D eigenvalue weighted by Gasteiger charge is -2.03. The van der Waals surface area contributed by atoms with E-state index in [4.69, 9.17) is 34.8 Å². The minimum atomic E-state index is -0.745. The molecule has 0 saturated heterocycles. The third kappa shape index (κ3) is 2.24. The molecule has 0 saturated carbocycles. The number of carbonyl (C=O) groups is 1. The van der Waals surface area contributed by atoms with Crippen molar-refractivity contribution in [3.8, 4) is 0 Å². The number of amides is 1. The van der Waals surface area contributed by atoms with Crippen LogP contribution in [0.15, 0.2) is 12.4 Å². The van der Waals surface area contributed by atoms with Crippen molar-refractivity contribution in [1.29, 1.82) is 0 Å². The minimum Gasteiger partial charge on any atom is -0.310 e. The van der Waals surface area contributed by atoms with Crippen LogP contribution >= 0.6 is 34.8 Å². The normalized spacial score (nSPS) is 9.58. The molecule has 1 aromatic heterocycles. The van der Waals surface area contributed by atoms with Gasteiger partial charge in [0.05, 0.1) is 15.7 Å². The highest BCUT2D eigenvalue weighted by Crippen LogP contribution is 2.28. The van der Waals surface area contributed by atoms with Crippen LogP contribution < -0.4 is 5.32 Å². The molecule has 0 aliphatic rings. The summed E-state index contributed by atoms with van der Waals surface area (Å²) in [5.74, 6) is 0. The molecule has 64 valence electrons. The fourth-order valence-electron chi connectivity index (χ4n) is 0.629. The summed E-state index contributed by atoms with van der Waals surface area (Å²) in [5, 5.41) is 2.01. The second-order valence-electron chi connectivity index (χ2n) is 1.88. The van der Waals surface area contributed by atoms with Gasteiger partial charge in [-0.2, -0.15) is 0 Å². The van der Waals surface area contributed by atoms with Gasteiger partial charge in [-0.15, -0.1) is 0 Å². The van der Waals surface area contributed by atoms with Gasteiger partial charge in [-0.1, -0.05) is 23.2 Å². The molecule has 12 heavy (non-hydrogen) atoms. The van der Waals surface area contributed by atoms with Crippen LogP contribution in [0, 0.1) is 0 Å². The molecule has 0 atom stereocenters. The second-order valence-corrected chi connectivity index (χ2v) is 3.03. The molecule has 1 aromatic rings. The molecular formula is C6H3Cl3N2O. The largest absolute Gasteiger partial charge is 0.318 e. The van der Waals surface area contributed by atoms with Crippen molar-refractivity contribution in [3.05, 3.63) is 22.4 Å². The number of nitrogens with one attached hydrogen (secondary N) is 1. The molecule has 1 heterocycles. The van der Waals surface area contributed by atoms with Crippen LogP contribution in [0.3, 0.4) is 0 Å². The molecule has 1 rings (SSSR count). The Bertz CT molecular complexity index is 295. The third-order valence-electron chi connectivity index (χ3n) is 1.08. The summed E-state index contributed by atoms with van der Waals surface area (Å²) in [5.41, 5.74) is 0.272. The zero-order valence-electron chi connectivity index (χ0n) is 5.64. The average Bonchev–Trinajstić information content (AvgIpc) is 1.97. The lowest BCUT2D eigenvalue weighted by atomic mass is 10.4. The minimum absolute atomic E-state index is 0.247. The van der Waals surface area contributed by atoms with Crippen LogP contribution in [0.1, 0.15) is 0 Å². The quantitative estimate of drug-likeness (QED) is 0.589. The van der Waals surface area contributed by atoms with Crippen LogP contribution in [0.4, 0.5) is 10.5 Å². The van der Waals surface area contributed by atoms with E-state index in [1.165, 1.54) is 12.4 Å². The maximum atomic E-state index is 10.4. The van der Waals surface area contributed by atoms with Crippen LogP contribution in [-0.2, 0) is 0 Å².